The smallest absolute Gasteiger partial charge is 0.314 e. The molecule has 2 nitrogen and oxygen atoms in total. The Labute approximate surface area is 133 Å². The SMILES string of the molecule is CCCCCC[B-](C#CC(C)(C)C)(OC(C)C)OC(C)C. The van der Waals surface area contributed by atoms with Crippen molar-refractivity contribution >= 4 is 6.55 Å². The van der Waals surface area contributed by atoms with E-state index in [0.29, 0.717) is 0 Å². The highest BCUT2D eigenvalue weighted by atomic mass is 16.6. The zero-order valence-corrected chi connectivity index (χ0v) is 15.6. The van der Waals surface area contributed by atoms with E-state index in [0.717, 1.165) is 12.7 Å². The lowest BCUT2D eigenvalue weighted by molar-refractivity contribution is 0.115. The van der Waals surface area contributed by atoms with Crippen molar-refractivity contribution in [2.24, 2.45) is 5.41 Å². The van der Waals surface area contributed by atoms with Gasteiger partial charge in [-0.1, -0.05) is 32.6 Å². The normalized spacial score (nSPS) is 12.7. The molecule has 0 spiro atoms. The number of unbranched alkanes of at least 4 members (excludes halogenated alkanes) is 3. The van der Waals surface area contributed by atoms with E-state index in [1.54, 1.807) is 0 Å². The molecule has 0 N–H and O–H groups in total. The summed E-state index contributed by atoms with van der Waals surface area (Å²) in [5, 5.41) is 0. The largest absolute Gasteiger partial charge is 0.556 e. The Balaban J connectivity index is 5.14. The van der Waals surface area contributed by atoms with Crippen LogP contribution in [0.25, 0.3) is 0 Å². The zero-order valence-electron chi connectivity index (χ0n) is 15.6. The fourth-order valence-electron chi connectivity index (χ4n) is 2.35. The molecule has 0 saturated carbocycles. The van der Waals surface area contributed by atoms with Crippen molar-refractivity contribution in [1.29, 1.82) is 0 Å². The van der Waals surface area contributed by atoms with E-state index in [-0.39, 0.29) is 17.6 Å². The highest BCUT2D eigenvalue weighted by Gasteiger charge is 2.27. The number of hydrogen-bond acceptors (Lipinski definition) is 2. The highest BCUT2D eigenvalue weighted by Crippen LogP contribution is 2.23. The zero-order chi connectivity index (χ0) is 16.5. The van der Waals surface area contributed by atoms with E-state index in [1.807, 2.05) is 0 Å². The molecule has 0 atom stereocenters. The van der Waals surface area contributed by atoms with Crippen LogP contribution in [0.2, 0.25) is 6.32 Å². The highest BCUT2D eigenvalue weighted by molar-refractivity contribution is 6.75. The molecule has 0 saturated heterocycles. The van der Waals surface area contributed by atoms with Gasteiger partial charge in [0.15, 0.2) is 0 Å². The van der Waals surface area contributed by atoms with Crippen molar-refractivity contribution in [2.45, 2.75) is 99.6 Å². The van der Waals surface area contributed by atoms with E-state index >= 15 is 0 Å². The molecule has 0 rings (SSSR count). The molecular weight excluding hydrogens is 259 g/mol. The van der Waals surface area contributed by atoms with Crippen molar-refractivity contribution in [2.75, 3.05) is 0 Å². The van der Waals surface area contributed by atoms with Gasteiger partial charge in [0.05, 0.1) is 0 Å². The number of hydrogen-bond donors (Lipinski definition) is 0. The van der Waals surface area contributed by atoms with Gasteiger partial charge in [-0.2, -0.15) is 0 Å². The van der Waals surface area contributed by atoms with Gasteiger partial charge in [-0.25, -0.2) is 5.82 Å². The first-order valence-electron chi connectivity index (χ1n) is 8.66. The van der Waals surface area contributed by atoms with Crippen molar-refractivity contribution in [3.8, 4) is 11.7 Å². The Bertz CT molecular complexity index is 321. The van der Waals surface area contributed by atoms with Gasteiger partial charge in [0.2, 0.25) is 0 Å². The molecule has 0 heterocycles. The molecule has 0 unspecified atom stereocenters. The van der Waals surface area contributed by atoms with E-state index in [4.69, 9.17) is 9.31 Å². The molecule has 0 aromatic rings. The summed E-state index contributed by atoms with van der Waals surface area (Å²) in [5.74, 6) is 6.72. The standard InChI is InChI=1S/C18H36BO2/c1-9-10-11-12-14-19(20-16(2)3,21-17(4)5)15-13-18(6,7)8/h16-17H,9-12,14H2,1-8H3/q-1. The van der Waals surface area contributed by atoms with Crippen molar-refractivity contribution in [3.05, 3.63) is 0 Å². The Morgan fingerprint density at radius 2 is 1.43 bits per heavy atom. The molecule has 0 fully saturated rings. The maximum Gasteiger partial charge on any atom is 0.314 e. The van der Waals surface area contributed by atoms with Gasteiger partial charge < -0.3 is 9.31 Å². The molecule has 124 valence electrons. The molecule has 0 aromatic heterocycles. The Kier molecular flexibility index (Phi) is 9.33. The summed E-state index contributed by atoms with van der Waals surface area (Å²) >= 11 is 0. The topological polar surface area (TPSA) is 18.5 Å². The third kappa shape index (κ3) is 10.9. The molecule has 0 radical (unpaired) electrons. The third-order valence-electron chi connectivity index (χ3n) is 3.09. The monoisotopic (exact) mass is 295 g/mol. The van der Waals surface area contributed by atoms with Crippen LogP contribution in [-0.2, 0) is 9.31 Å². The maximum absolute atomic E-state index is 6.19. The quantitative estimate of drug-likeness (QED) is 0.320. The lowest BCUT2D eigenvalue weighted by Gasteiger charge is -2.41. The van der Waals surface area contributed by atoms with Gasteiger partial charge in [0.25, 0.3) is 0 Å². The predicted octanol–water partition coefficient (Wildman–Crippen LogP) is 5.45. The minimum atomic E-state index is -1.52. The summed E-state index contributed by atoms with van der Waals surface area (Å²) in [4.78, 5) is 0. The van der Waals surface area contributed by atoms with Gasteiger partial charge in [-0.15, -0.1) is 12.2 Å². The molecule has 3 heteroatoms. The first-order chi connectivity index (χ1) is 9.60. The Hall–Kier alpha value is -0.455. The van der Waals surface area contributed by atoms with E-state index < -0.39 is 6.55 Å². The third-order valence-corrected chi connectivity index (χ3v) is 3.09. The maximum atomic E-state index is 6.19. The van der Waals surface area contributed by atoms with Crippen LogP contribution in [-0.4, -0.2) is 18.8 Å². The average Bonchev–Trinajstić information content (AvgIpc) is 2.30. The van der Waals surface area contributed by atoms with E-state index in [2.05, 4.69) is 67.1 Å². The Morgan fingerprint density at radius 1 is 0.905 bits per heavy atom. The van der Waals surface area contributed by atoms with Crippen LogP contribution in [0.3, 0.4) is 0 Å². The average molecular weight is 295 g/mol. The molecule has 0 aliphatic carbocycles. The van der Waals surface area contributed by atoms with Gasteiger partial charge in [0, 0.05) is 17.6 Å². The second kappa shape index (κ2) is 9.54. The summed E-state index contributed by atoms with van der Waals surface area (Å²) in [6, 6.07) is 0. The molecule has 0 aromatic carbocycles. The van der Waals surface area contributed by atoms with E-state index in [9.17, 15) is 0 Å². The minimum Gasteiger partial charge on any atom is -0.556 e. The first-order valence-corrected chi connectivity index (χ1v) is 8.66. The molecule has 0 aliphatic heterocycles. The summed E-state index contributed by atoms with van der Waals surface area (Å²) in [6.45, 7) is 15.3. The summed E-state index contributed by atoms with van der Waals surface area (Å²) in [7, 11) is 0. The van der Waals surface area contributed by atoms with E-state index in [1.165, 1.54) is 19.3 Å². The van der Waals surface area contributed by atoms with Crippen LogP contribution in [0, 0.1) is 17.2 Å². The van der Waals surface area contributed by atoms with Crippen molar-refractivity contribution < 1.29 is 9.31 Å². The second-order valence-electron chi connectivity index (χ2n) is 7.61. The second-order valence-corrected chi connectivity index (χ2v) is 7.61. The van der Waals surface area contributed by atoms with Gasteiger partial charge >= 0.3 is 6.55 Å². The van der Waals surface area contributed by atoms with Gasteiger partial charge in [-0.3, -0.25) is 0 Å². The predicted molar refractivity (Wildman–Crippen MR) is 94.4 cm³/mol. The van der Waals surface area contributed by atoms with Crippen LogP contribution in [0.4, 0.5) is 0 Å². The number of rotatable bonds is 9. The van der Waals surface area contributed by atoms with Crippen LogP contribution < -0.4 is 0 Å². The van der Waals surface area contributed by atoms with Gasteiger partial charge in [-0.05, 0) is 48.5 Å². The lowest BCUT2D eigenvalue weighted by Crippen LogP contribution is -2.45. The summed E-state index contributed by atoms with van der Waals surface area (Å²) < 4.78 is 12.4. The Morgan fingerprint density at radius 3 is 1.81 bits per heavy atom. The molecule has 0 amide bonds. The molecule has 21 heavy (non-hydrogen) atoms. The fraction of sp³-hybridized carbons (Fsp3) is 0.889. The summed E-state index contributed by atoms with van der Waals surface area (Å²) in [5.41, 5.74) is -0.0307. The van der Waals surface area contributed by atoms with Crippen molar-refractivity contribution in [3.63, 3.8) is 0 Å². The molecular formula is C18H36BO2-. The van der Waals surface area contributed by atoms with Crippen LogP contribution >= 0.6 is 0 Å². The summed E-state index contributed by atoms with van der Waals surface area (Å²) in [6.07, 6.45) is 6.01. The first kappa shape index (κ1) is 20.5. The minimum absolute atomic E-state index is 0.0307. The van der Waals surface area contributed by atoms with Crippen molar-refractivity contribution in [1.82, 2.24) is 0 Å². The fourth-order valence-corrected chi connectivity index (χ4v) is 2.35. The van der Waals surface area contributed by atoms with Crippen LogP contribution in [0.5, 0.6) is 0 Å². The van der Waals surface area contributed by atoms with Crippen LogP contribution in [0.1, 0.15) is 81.1 Å². The molecule has 0 aliphatic rings. The van der Waals surface area contributed by atoms with Crippen LogP contribution in [0.15, 0.2) is 0 Å². The van der Waals surface area contributed by atoms with Gasteiger partial charge in [0.1, 0.15) is 0 Å². The lowest BCUT2D eigenvalue weighted by atomic mass is 9.53. The molecule has 0 bridgehead atoms.